The molecular weight excluding hydrogens is 382 g/mol. The number of rotatable bonds is 8. The van der Waals surface area contributed by atoms with E-state index in [-0.39, 0.29) is 12.1 Å². The number of hydrogen-bond donors (Lipinski definition) is 1. The van der Waals surface area contributed by atoms with Crippen LogP contribution in [0.25, 0.3) is 0 Å². The molecule has 0 saturated carbocycles. The van der Waals surface area contributed by atoms with Crippen molar-refractivity contribution in [1.82, 2.24) is 5.32 Å². The van der Waals surface area contributed by atoms with Crippen molar-refractivity contribution in [1.29, 1.82) is 0 Å². The fraction of sp³-hybridized carbons (Fsp3) is 0.250. The molecule has 8 heteroatoms. The van der Waals surface area contributed by atoms with Crippen LogP contribution in [0.3, 0.4) is 0 Å². The number of hydrogen-bond acceptors (Lipinski definition) is 7. The van der Waals surface area contributed by atoms with Crippen LogP contribution in [0.2, 0.25) is 0 Å². The van der Waals surface area contributed by atoms with Crippen molar-refractivity contribution in [2.24, 2.45) is 0 Å². The van der Waals surface area contributed by atoms with Crippen molar-refractivity contribution in [3.8, 4) is 5.75 Å². The van der Waals surface area contributed by atoms with Crippen LogP contribution in [0, 0.1) is 0 Å². The SMILES string of the molecule is COC(=O)c1ccc(CNC(=O)COC(=O)c2ccc(SC)cc2OC)cc1. The van der Waals surface area contributed by atoms with E-state index in [4.69, 9.17) is 9.47 Å². The Morgan fingerprint density at radius 2 is 1.71 bits per heavy atom. The topological polar surface area (TPSA) is 90.9 Å². The summed E-state index contributed by atoms with van der Waals surface area (Å²) in [6.45, 7) is -0.171. The molecule has 0 saturated heterocycles. The third-order valence-electron chi connectivity index (χ3n) is 3.83. The first-order valence-corrected chi connectivity index (χ1v) is 9.54. The molecule has 2 aromatic rings. The van der Waals surface area contributed by atoms with Crippen molar-refractivity contribution >= 4 is 29.6 Å². The van der Waals surface area contributed by atoms with Gasteiger partial charge in [0.1, 0.15) is 11.3 Å². The third-order valence-corrected chi connectivity index (χ3v) is 4.55. The van der Waals surface area contributed by atoms with Crippen LogP contribution in [0.15, 0.2) is 47.4 Å². The average Bonchev–Trinajstić information content (AvgIpc) is 2.75. The van der Waals surface area contributed by atoms with Crippen molar-refractivity contribution in [3.63, 3.8) is 0 Å². The van der Waals surface area contributed by atoms with E-state index in [0.29, 0.717) is 11.3 Å². The first kappa shape index (κ1) is 21.3. The smallest absolute Gasteiger partial charge is 0.342 e. The average molecular weight is 403 g/mol. The van der Waals surface area contributed by atoms with E-state index in [1.807, 2.05) is 6.26 Å². The summed E-state index contributed by atoms with van der Waals surface area (Å²) in [5.74, 6) is -1.11. The molecule has 0 aliphatic heterocycles. The summed E-state index contributed by atoms with van der Waals surface area (Å²) in [6, 6.07) is 11.7. The van der Waals surface area contributed by atoms with E-state index in [1.54, 1.807) is 42.5 Å². The lowest BCUT2D eigenvalue weighted by atomic mass is 10.1. The summed E-state index contributed by atoms with van der Waals surface area (Å²) in [6.07, 6.45) is 1.92. The first-order chi connectivity index (χ1) is 13.5. The monoisotopic (exact) mass is 403 g/mol. The van der Waals surface area contributed by atoms with Gasteiger partial charge in [0, 0.05) is 11.4 Å². The van der Waals surface area contributed by atoms with Gasteiger partial charge in [-0.25, -0.2) is 9.59 Å². The second-order valence-corrected chi connectivity index (χ2v) is 6.49. The Hall–Kier alpha value is -3.00. The van der Waals surface area contributed by atoms with Gasteiger partial charge in [0.05, 0.1) is 19.8 Å². The third kappa shape index (κ3) is 5.75. The number of ether oxygens (including phenoxy) is 3. The quantitative estimate of drug-likeness (QED) is 0.535. The van der Waals surface area contributed by atoms with Crippen molar-refractivity contribution in [2.75, 3.05) is 27.1 Å². The molecule has 0 atom stereocenters. The summed E-state index contributed by atoms with van der Waals surface area (Å²) in [4.78, 5) is 36.5. The Kier molecular flexibility index (Phi) is 7.88. The maximum atomic E-state index is 12.2. The summed E-state index contributed by atoms with van der Waals surface area (Å²) in [7, 11) is 2.78. The van der Waals surface area contributed by atoms with Gasteiger partial charge in [0.2, 0.25) is 0 Å². The van der Waals surface area contributed by atoms with E-state index in [0.717, 1.165) is 10.5 Å². The molecule has 0 unspecified atom stereocenters. The maximum Gasteiger partial charge on any atom is 0.342 e. The van der Waals surface area contributed by atoms with E-state index < -0.39 is 24.5 Å². The first-order valence-electron chi connectivity index (χ1n) is 8.31. The van der Waals surface area contributed by atoms with Crippen LogP contribution in [-0.2, 0) is 20.8 Å². The Morgan fingerprint density at radius 3 is 2.32 bits per heavy atom. The van der Waals surface area contributed by atoms with Gasteiger partial charge in [0.15, 0.2) is 6.61 Å². The largest absolute Gasteiger partial charge is 0.496 e. The zero-order valence-electron chi connectivity index (χ0n) is 15.8. The predicted molar refractivity (Wildman–Crippen MR) is 105 cm³/mol. The lowest BCUT2D eigenvalue weighted by Crippen LogP contribution is -2.28. The minimum atomic E-state index is -0.637. The van der Waals surface area contributed by atoms with Crippen LogP contribution in [0.1, 0.15) is 26.3 Å². The molecule has 2 aromatic carbocycles. The molecule has 0 spiro atoms. The van der Waals surface area contributed by atoms with Crippen LogP contribution in [0.4, 0.5) is 0 Å². The number of benzene rings is 2. The van der Waals surface area contributed by atoms with Gasteiger partial charge in [-0.15, -0.1) is 11.8 Å². The number of amides is 1. The van der Waals surface area contributed by atoms with Crippen molar-refractivity contribution in [2.45, 2.75) is 11.4 Å². The zero-order chi connectivity index (χ0) is 20.5. The van der Waals surface area contributed by atoms with E-state index in [2.05, 4.69) is 10.1 Å². The highest BCUT2D eigenvalue weighted by Gasteiger charge is 2.16. The molecule has 0 fully saturated rings. The second kappa shape index (κ2) is 10.4. The van der Waals surface area contributed by atoms with Crippen LogP contribution < -0.4 is 10.1 Å². The van der Waals surface area contributed by atoms with E-state index in [1.165, 1.54) is 26.0 Å². The highest BCUT2D eigenvalue weighted by Crippen LogP contribution is 2.25. The number of nitrogens with one attached hydrogen (secondary N) is 1. The molecule has 0 radical (unpaired) electrons. The molecule has 0 aromatic heterocycles. The maximum absolute atomic E-state index is 12.2. The molecule has 0 aliphatic rings. The highest BCUT2D eigenvalue weighted by atomic mass is 32.2. The van der Waals surface area contributed by atoms with Gasteiger partial charge >= 0.3 is 11.9 Å². The summed E-state index contributed by atoms with van der Waals surface area (Å²) < 4.78 is 14.9. The Balaban J connectivity index is 1.85. The van der Waals surface area contributed by atoms with Gasteiger partial charge < -0.3 is 19.5 Å². The molecule has 148 valence electrons. The van der Waals surface area contributed by atoms with Gasteiger partial charge in [-0.1, -0.05) is 12.1 Å². The number of thioether (sulfide) groups is 1. The van der Waals surface area contributed by atoms with Crippen LogP contribution >= 0.6 is 11.8 Å². The lowest BCUT2D eigenvalue weighted by Gasteiger charge is -2.10. The molecule has 0 aliphatic carbocycles. The molecular formula is C20H21NO6S. The van der Waals surface area contributed by atoms with Crippen molar-refractivity contribution in [3.05, 3.63) is 59.2 Å². The van der Waals surface area contributed by atoms with E-state index >= 15 is 0 Å². The zero-order valence-corrected chi connectivity index (χ0v) is 16.6. The molecule has 0 bridgehead atoms. The number of carbonyl (C=O) groups excluding carboxylic acids is 3. The summed E-state index contributed by atoms with van der Waals surface area (Å²) >= 11 is 1.52. The van der Waals surface area contributed by atoms with Gasteiger partial charge in [-0.2, -0.15) is 0 Å². The minimum Gasteiger partial charge on any atom is -0.496 e. The van der Waals surface area contributed by atoms with E-state index in [9.17, 15) is 14.4 Å². The summed E-state index contributed by atoms with van der Waals surface area (Å²) in [5.41, 5.74) is 1.47. The standard InChI is InChI=1S/C20H21NO6S/c1-25-17-10-15(28-3)8-9-16(17)20(24)27-12-18(22)21-11-13-4-6-14(7-5-13)19(23)26-2/h4-10H,11-12H2,1-3H3,(H,21,22). The molecule has 28 heavy (non-hydrogen) atoms. The highest BCUT2D eigenvalue weighted by molar-refractivity contribution is 7.98. The van der Waals surface area contributed by atoms with Gasteiger partial charge in [-0.3, -0.25) is 4.79 Å². The molecule has 7 nitrogen and oxygen atoms in total. The summed E-state index contributed by atoms with van der Waals surface area (Å²) in [5, 5.41) is 2.65. The lowest BCUT2D eigenvalue weighted by molar-refractivity contribution is -0.124. The van der Waals surface area contributed by atoms with Crippen molar-refractivity contribution < 1.29 is 28.6 Å². The fourth-order valence-electron chi connectivity index (χ4n) is 2.30. The molecule has 1 N–H and O–H groups in total. The number of esters is 2. The molecule has 0 heterocycles. The Bertz CT molecular complexity index is 850. The molecule has 2 rings (SSSR count). The second-order valence-electron chi connectivity index (χ2n) is 5.61. The number of methoxy groups -OCH3 is 2. The fourth-order valence-corrected chi connectivity index (χ4v) is 2.73. The Labute approximate surface area is 167 Å². The van der Waals surface area contributed by atoms with Gasteiger partial charge in [-0.05, 0) is 42.2 Å². The van der Waals surface area contributed by atoms with Crippen LogP contribution in [0.5, 0.6) is 5.75 Å². The minimum absolute atomic E-state index is 0.240. The normalized spacial score (nSPS) is 10.1. The Morgan fingerprint density at radius 1 is 1.00 bits per heavy atom. The van der Waals surface area contributed by atoms with Crippen LogP contribution in [-0.4, -0.2) is 44.9 Å². The number of carbonyl (C=O) groups is 3. The van der Waals surface area contributed by atoms with Gasteiger partial charge in [0.25, 0.3) is 5.91 Å². The predicted octanol–water partition coefficient (Wildman–Crippen LogP) is 2.68. The molecule has 1 amide bonds.